The Hall–Kier alpha value is -6.14. The van der Waals surface area contributed by atoms with E-state index in [1.807, 2.05) is 0 Å². The number of non-ortho nitro benzene ring substituents is 1. The molecule has 64 heavy (non-hydrogen) atoms. The number of carbonyl (C=O) groups is 6. The van der Waals surface area contributed by atoms with Crippen molar-refractivity contribution in [1.29, 1.82) is 0 Å². The van der Waals surface area contributed by atoms with Gasteiger partial charge in [-0.05, 0) is 74.9 Å². The first-order chi connectivity index (χ1) is 30.4. The highest BCUT2D eigenvalue weighted by molar-refractivity contribution is 5.98. The van der Waals surface area contributed by atoms with Crippen LogP contribution in [0.3, 0.4) is 0 Å². The SMILES string of the molecule is CC(C)C(NC(=O)CCOCCOCCOCCOCCONC(=O)OC(C)(C)C)C(=O)NC(CCCNC(N)=O)C(=O)Nc1ccc(C(OC(=O)O)c2ccc([N+](=O)[O-])cc2)cc1. The molecule has 0 saturated carbocycles. The average Bonchev–Trinajstić information content (AvgIpc) is 3.22. The molecule has 0 fully saturated rings. The number of primary amides is 1. The number of anilines is 1. The van der Waals surface area contributed by atoms with Crippen LogP contribution in [0.15, 0.2) is 48.5 Å². The standard InChI is InChI=1S/C41H61N7O16/c1-27(2)34(46-33(49)16-18-58-19-20-59-21-22-60-23-24-61-25-26-62-47-39(53)64-41(3,4)5)37(51)45-32(7-6-17-43-38(42)52)36(50)44-30-12-8-28(9-13-30)35(63-40(54)55)29-10-14-31(15-11-29)48(56)57/h8-15,27,32,34-35H,6-7,16-26H2,1-5H3,(H,44,50)(H,45,51)(H,46,49)(H,47,53)(H,54,55)(H3,42,43,52). The third-order valence-electron chi connectivity index (χ3n) is 8.45. The number of hydroxylamine groups is 1. The third kappa shape index (κ3) is 23.3. The molecule has 0 spiro atoms. The van der Waals surface area contributed by atoms with E-state index in [2.05, 4.69) is 26.7 Å². The lowest BCUT2D eigenvalue weighted by Gasteiger charge is -2.25. The molecular formula is C41H61N7O16. The summed E-state index contributed by atoms with van der Waals surface area (Å²) in [5.41, 5.74) is 7.48. The molecule has 0 bridgehead atoms. The number of urea groups is 1. The van der Waals surface area contributed by atoms with Crippen molar-refractivity contribution in [2.45, 2.75) is 77.7 Å². The van der Waals surface area contributed by atoms with Gasteiger partial charge in [0.1, 0.15) is 17.7 Å². The summed E-state index contributed by atoms with van der Waals surface area (Å²) in [7, 11) is 0. The molecule has 6 amide bonds. The number of amides is 6. The van der Waals surface area contributed by atoms with Crippen LogP contribution in [0.25, 0.3) is 0 Å². The molecule has 0 heterocycles. The summed E-state index contributed by atoms with van der Waals surface area (Å²) >= 11 is 0. The zero-order valence-corrected chi connectivity index (χ0v) is 36.7. The van der Waals surface area contributed by atoms with Crippen LogP contribution in [0, 0.1) is 16.0 Å². The Balaban J connectivity index is 1.80. The molecule has 0 aromatic heterocycles. The van der Waals surface area contributed by atoms with Crippen LogP contribution in [0.5, 0.6) is 0 Å². The minimum absolute atomic E-state index is 0.0526. The van der Waals surface area contributed by atoms with Gasteiger partial charge in [-0.2, -0.15) is 5.48 Å². The Morgan fingerprint density at radius 3 is 1.80 bits per heavy atom. The molecule has 3 unspecified atom stereocenters. The van der Waals surface area contributed by atoms with E-state index < -0.39 is 64.7 Å². The van der Waals surface area contributed by atoms with Crippen molar-refractivity contribution < 1.29 is 72.1 Å². The van der Waals surface area contributed by atoms with Crippen LogP contribution in [-0.2, 0) is 47.6 Å². The van der Waals surface area contributed by atoms with Gasteiger partial charge in [0, 0.05) is 30.8 Å². The fraction of sp³-hybridized carbons (Fsp3) is 0.561. The van der Waals surface area contributed by atoms with Crippen molar-refractivity contribution >= 4 is 47.4 Å². The largest absolute Gasteiger partial charge is 0.506 e. The molecule has 2 aromatic carbocycles. The normalized spacial score (nSPS) is 12.6. The first kappa shape index (κ1) is 54.0. The van der Waals surface area contributed by atoms with Crippen molar-refractivity contribution in [3.63, 3.8) is 0 Å². The number of carboxylic acid groups (broad SMARTS) is 1. The van der Waals surface area contributed by atoms with Crippen LogP contribution >= 0.6 is 0 Å². The number of nitro benzene ring substituents is 1. The van der Waals surface area contributed by atoms with Crippen LogP contribution in [-0.4, -0.2) is 130 Å². The van der Waals surface area contributed by atoms with E-state index in [4.69, 9.17) is 39.0 Å². The van der Waals surface area contributed by atoms with Gasteiger partial charge >= 0.3 is 18.3 Å². The summed E-state index contributed by atoms with van der Waals surface area (Å²) in [5.74, 6) is -2.07. The zero-order valence-electron chi connectivity index (χ0n) is 36.7. The summed E-state index contributed by atoms with van der Waals surface area (Å²) < 4.78 is 31.8. The number of rotatable bonds is 30. The topological polar surface area (TPSA) is 317 Å². The Labute approximate surface area is 370 Å². The van der Waals surface area contributed by atoms with Gasteiger partial charge in [0.2, 0.25) is 17.7 Å². The summed E-state index contributed by atoms with van der Waals surface area (Å²) in [6, 6.07) is 8.27. The number of nitrogens with zero attached hydrogens (tertiary/aromatic N) is 1. The van der Waals surface area contributed by atoms with E-state index in [0.29, 0.717) is 37.6 Å². The highest BCUT2D eigenvalue weighted by Gasteiger charge is 2.29. The van der Waals surface area contributed by atoms with Gasteiger partial charge in [-0.25, -0.2) is 14.4 Å². The van der Waals surface area contributed by atoms with Crippen molar-refractivity contribution in [2.24, 2.45) is 11.7 Å². The van der Waals surface area contributed by atoms with E-state index >= 15 is 0 Å². The second-order valence-corrected chi connectivity index (χ2v) is 15.2. The second kappa shape index (κ2) is 29.3. The molecule has 3 atom stereocenters. The number of nitro groups is 1. The van der Waals surface area contributed by atoms with Gasteiger partial charge in [-0.15, -0.1) is 0 Å². The molecule has 0 aliphatic carbocycles. The highest BCUT2D eigenvalue weighted by atomic mass is 16.7. The number of nitrogens with one attached hydrogen (secondary N) is 5. The fourth-order valence-corrected chi connectivity index (χ4v) is 5.44. The summed E-state index contributed by atoms with van der Waals surface area (Å²) in [6.07, 6.45) is -3.13. The monoisotopic (exact) mass is 907 g/mol. The van der Waals surface area contributed by atoms with Gasteiger partial charge < -0.3 is 60.5 Å². The molecule has 0 aliphatic rings. The van der Waals surface area contributed by atoms with E-state index in [1.165, 1.54) is 48.5 Å². The molecule has 356 valence electrons. The number of hydrogen-bond acceptors (Lipinski definition) is 15. The maximum absolute atomic E-state index is 13.5. The Morgan fingerprint density at radius 1 is 0.766 bits per heavy atom. The Morgan fingerprint density at radius 2 is 1.30 bits per heavy atom. The molecule has 0 radical (unpaired) electrons. The molecule has 23 nitrogen and oxygen atoms in total. The molecule has 0 aliphatic heterocycles. The quantitative estimate of drug-likeness (QED) is 0.0256. The van der Waals surface area contributed by atoms with Crippen LogP contribution in [0.2, 0.25) is 0 Å². The number of nitrogens with two attached hydrogens (primary N) is 1. The summed E-state index contributed by atoms with van der Waals surface area (Å²) in [4.78, 5) is 89.5. The maximum Gasteiger partial charge on any atom is 0.506 e. The lowest BCUT2D eigenvalue weighted by molar-refractivity contribution is -0.384. The van der Waals surface area contributed by atoms with Crippen LogP contribution in [0.1, 0.15) is 71.1 Å². The van der Waals surface area contributed by atoms with E-state index in [0.717, 1.165) is 0 Å². The van der Waals surface area contributed by atoms with E-state index in [1.54, 1.807) is 34.6 Å². The average molecular weight is 908 g/mol. The fourth-order valence-electron chi connectivity index (χ4n) is 5.44. The van der Waals surface area contributed by atoms with Crippen molar-refractivity contribution in [2.75, 3.05) is 71.3 Å². The first-order valence-electron chi connectivity index (χ1n) is 20.5. The van der Waals surface area contributed by atoms with Gasteiger partial charge in [0.15, 0.2) is 6.10 Å². The van der Waals surface area contributed by atoms with Gasteiger partial charge in [0.05, 0.1) is 64.4 Å². The number of carbonyl (C=O) groups excluding carboxylic acids is 5. The van der Waals surface area contributed by atoms with Crippen molar-refractivity contribution in [3.8, 4) is 0 Å². The molecule has 0 saturated heterocycles. The smallest absolute Gasteiger partial charge is 0.450 e. The third-order valence-corrected chi connectivity index (χ3v) is 8.45. The first-order valence-corrected chi connectivity index (χ1v) is 20.5. The Bertz CT molecular complexity index is 1770. The van der Waals surface area contributed by atoms with Gasteiger partial charge in [-0.3, -0.25) is 29.3 Å². The van der Waals surface area contributed by atoms with Gasteiger partial charge in [-0.1, -0.05) is 26.0 Å². The number of benzene rings is 2. The molecule has 2 aromatic rings. The van der Waals surface area contributed by atoms with Gasteiger partial charge in [0.25, 0.3) is 5.69 Å². The van der Waals surface area contributed by atoms with Crippen molar-refractivity contribution in [3.05, 3.63) is 69.8 Å². The molecule has 2 rings (SSSR count). The van der Waals surface area contributed by atoms with Crippen molar-refractivity contribution in [1.82, 2.24) is 21.4 Å². The maximum atomic E-state index is 13.5. The lowest BCUT2D eigenvalue weighted by atomic mass is 10.0. The zero-order chi connectivity index (χ0) is 47.5. The number of ether oxygens (including phenoxy) is 6. The highest BCUT2D eigenvalue weighted by Crippen LogP contribution is 2.29. The predicted molar refractivity (Wildman–Crippen MR) is 228 cm³/mol. The molecule has 23 heteroatoms. The summed E-state index contributed by atoms with van der Waals surface area (Å²) in [5, 5.41) is 30.9. The van der Waals surface area contributed by atoms with E-state index in [9.17, 15) is 44.0 Å². The minimum Gasteiger partial charge on any atom is -0.450 e. The van der Waals surface area contributed by atoms with Crippen LogP contribution in [0.4, 0.5) is 25.8 Å². The minimum atomic E-state index is -1.58. The summed E-state index contributed by atoms with van der Waals surface area (Å²) in [6.45, 7) is 11.0. The second-order valence-electron chi connectivity index (χ2n) is 15.2. The molecule has 8 N–H and O–H groups in total. The number of hydrogen-bond donors (Lipinski definition) is 7. The predicted octanol–water partition coefficient (Wildman–Crippen LogP) is 3.30. The van der Waals surface area contributed by atoms with Crippen LogP contribution < -0.4 is 32.5 Å². The van der Waals surface area contributed by atoms with E-state index in [-0.39, 0.29) is 76.1 Å². The lowest BCUT2D eigenvalue weighted by Crippen LogP contribution is -2.54. The molecular weight excluding hydrogens is 846 g/mol. The Kier molecular flexibility index (Phi) is 24.7.